The van der Waals surface area contributed by atoms with Crippen molar-refractivity contribution < 1.29 is 4.79 Å². The normalized spacial score (nSPS) is 17.6. The average molecular weight is 411 g/mol. The summed E-state index contributed by atoms with van der Waals surface area (Å²) in [7, 11) is 5.65. The molecule has 28 heavy (non-hydrogen) atoms. The van der Waals surface area contributed by atoms with Crippen molar-refractivity contribution in [3.8, 4) is 0 Å². The van der Waals surface area contributed by atoms with Crippen LogP contribution in [0.1, 0.15) is 0 Å². The second-order valence-electron chi connectivity index (χ2n) is 6.12. The predicted octanol–water partition coefficient (Wildman–Crippen LogP) is 1.90. The van der Waals surface area contributed by atoms with Gasteiger partial charge in [-0.15, -0.1) is 0 Å². The van der Waals surface area contributed by atoms with Crippen LogP contribution >= 0.6 is 23.2 Å². The molecule has 1 atom stereocenters. The Kier molecular flexibility index (Phi) is 5.06. The number of hydrogen-bond donors (Lipinski definition) is 3. The molecule has 3 heterocycles. The Balaban J connectivity index is 1.44. The van der Waals surface area contributed by atoms with Crippen LogP contribution in [-0.4, -0.2) is 43.0 Å². The van der Waals surface area contributed by atoms with Crippen LogP contribution in [0.25, 0.3) is 0 Å². The predicted molar refractivity (Wildman–Crippen MR) is 113 cm³/mol. The zero-order valence-electron chi connectivity index (χ0n) is 14.4. The number of halogens is 2. The van der Waals surface area contributed by atoms with Gasteiger partial charge in [0.15, 0.2) is 0 Å². The molecule has 0 saturated carbocycles. The van der Waals surface area contributed by atoms with E-state index in [-0.39, 0.29) is 11.9 Å². The molecule has 1 unspecified atom stereocenters. The molecule has 0 saturated heterocycles. The highest BCUT2D eigenvalue weighted by Gasteiger charge is 2.28. The maximum atomic E-state index is 12.5. The summed E-state index contributed by atoms with van der Waals surface area (Å²) in [4.78, 5) is 25.2. The lowest BCUT2D eigenvalue weighted by Gasteiger charge is -2.15. The molecule has 1 aromatic heterocycles. The zero-order chi connectivity index (χ0) is 19.7. The fraction of sp³-hybridized carbons (Fsp3) is 0.111. The van der Waals surface area contributed by atoms with E-state index < -0.39 is 0 Å². The molecule has 0 spiro atoms. The summed E-state index contributed by atoms with van der Waals surface area (Å²) in [5, 5.41) is 9.73. The number of dihydropyridines is 1. The zero-order valence-corrected chi connectivity index (χ0v) is 15.9. The Bertz CT molecular complexity index is 1010. The molecule has 4 rings (SSSR count). The van der Waals surface area contributed by atoms with Gasteiger partial charge in [-0.25, -0.2) is 4.99 Å². The van der Waals surface area contributed by atoms with E-state index in [1.54, 1.807) is 30.3 Å². The monoisotopic (exact) mass is 410 g/mol. The van der Waals surface area contributed by atoms with Crippen LogP contribution in [-0.2, 0) is 4.79 Å². The van der Waals surface area contributed by atoms with Gasteiger partial charge in [-0.2, -0.15) is 0 Å². The van der Waals surface area contributed by atoms with Gasteiger partial charge >= 0.3 is 0 Å². The summed E-state index contributed by atoms with van der Waals surface area (Å²) in [5.74, 6) is 0.167. The number of hydrogen-bond acceptors (Lipinski definition) is 6. The van der Waals surface area contributed by atoms with Gasteiger partial charge in [-0.1, -0.05) is 40.8 Å². The summed E-state index contributed by atoms with van der Waals surface area (Å²) in [6.07, 6.45) is 4.65. The molecule has 0 fully saturated rings. The van der Waals surface area contributed by atoms with Gasteiger partial charge in [-0.05, 0) is 18.2 Å². The molecule has 2 aliphatic rings. The standard InChI is InChI=1S/C18H13BCl2N6O/c19-9-1-3-10(4-2-9)24-17(28)14-5-13-15(8-23-14)26-18(25-13)27-16-11(20)6-22-7-12(16)21/h1-7,15H,8H2,(H,24,28)(H2,22,25,26,27). The third kappa shape index (κ3) is 3.88. The number of rotatable bonds is 3. The number of anilines is 2. The molecule has 1 amide bonds. The summed E-state index contributed by atoms with van der Waals surface area (Å²) in [5.41, 5.74) is 2.85. The Morgan fingerprint density at radius 2 is 1.89 bits per heavy atom. The highest BCUT2D eigenvalue weighted by molar-refractivity contribution is 6.47. The lowest BCUT2D eigenvalue weighted by atomic mass is 9.96. The molecule has 2 aliphatic heterocycles. The topological polar surface area (TPSA) is 90.8 Å². The Hall–Kier alpha value is -2.84. The highest BCUT2D eigenvalue weighted by Crippen LogP contribution is 2.29. The lowest BCUT2D eigenvalue weighted by molar-refractivity contribution is -0.110. The maximum Gasteiger partial charge on any atom is 0.273 e. The molecule has 10 heteroatoms. The summed E-state index contributed by atoms with van der Waals surface area (Å²) in [6.45, 7) is 0.353. The van der Waals surface area contributed by atoms with E-state index in [1.807, 2.05) is 0 Å². The van der Waals surface area contributed by atoms with Crippen LogP contribution in [0.5, 0.6) is 0 Å². The number of benzene rings is 1. The second kappa shape index (κ2) is 7.65. The fourth-order valence-corrected chi connectivity index (χ4v) is 3.20. The van der Waals surface area contributed by atoms with Crippen LogP contribution in [0.3, 0.4) is 0 Å². The quantitative estimate of drug-likeness (QED) is 0.674. The van der Waals surface area contributed by atoms with E-state index in [0.29, 0.717) is 45.1 Å². The largest absolute Gasteiger partial charge is 0.327 e. The van der Waals surface area contributed by atoms with Gasteiger partial charge < -0.3 is 16.0 Å². The molecule has 0 aliphatic carbocycles. The van der Waals surface area contributed by atoms with Crippen molar-refractivity contribution in [2.24, 2.45) is 9.98 Å². The van der Waals surface area contributed by atoms with Crippen LogP contribution < -0.4 is 21.4 Å². The SMILES string of the molecule is [B]c1ccc(NC(=O)C2=NCC3N=C(Nc4c(Cl)cncc4Cl)NC3=C2)cc1. The van der Waals surface area contributed by atoms with Crippen LogP contribution in [0.15, 0.2) is 58.4 Å². The highest BCUT2D eigenvalue weighted by atomic mass is 35.5. The van der Waals surface area contributed by atoms with E-state index in [9.17, 15) is 4.79 Å². The van der Waals surface area contributed by atoms with Crippen molar-refractivity contribution in [1.29, 1.82) is 0 Å². The van der Waals surface area contributed by atoms with E-state index in [1.165, 1.54) is 12.4 Å². The first-order valence-electron chi connectivity index (χ1n) is 8.33. The van der Waals surface area contributed by atoms with E-state index in [4.69, 9.17) is 31.0 Å². The minimum atomic E-state index is -0.306. The Morgan fingerprint density at radius 3 is 2.61 bits per heavy atom. The first-order chi connectivity index (χ1) is 13.5. The molecule has 2 radical (unpaired) electrons. The minimum Gasteiger partial charge on any atom is -0.327 e. The number of carbonyl (C=O) groups is 1. The van der Waals surface area contributed by atoms with Gasteiger partial charge in [0.1, 0.15) is 19.6 Å². The first-order valence-corrected chi connectivity index (χ1v) is 9.09. The Morgan fingerprint density at radius 1 is 1.18 bits per heavy atom. The molecule has 0 bridgehead atoms. The number of fused-ring (bicyclic) bond motifs is 1. The third-order valence-electron chi connectivity index (χ3n) is 4.13. The fourth-order valence-electron chi connectivity index (χ4n) is 2.74. The van der Waals surface area contributed by atoms with E-state index in [0.717, 1.165) is 5.70 Å². The van der Waals surface area contributed by atoms with Crippen molar-refractivity contribution in [3.05, 3.63) is 58.5 Å². The summed E-state index contributed by atoms with van der Waals surface area (Å²) < 4.78 is 0. The van der Waals surface area contributed by atoms with Crippen LogP contribution in [0.2, 0.25) is 10.0 Å². The third-order valence-corrected chi connectivity index (χ3v) is 4.70. The number of aliphatic imine (C=N–C) groups is 2. The van der Waals surface area contributed by atoms with Crippen molar-refractivity contribution in [1.82, 2.24) is 10.3 Å². The van der Waals surface area contributed by atoms with E-state index >= 15 is 0 Å². The number of amides is 1. The molecular weight excluding hydrogens is 398 g/mol. The van der Waals surface area contributed by atoms with Crippen molar-refractivity contribution in [3.63, 3.8) is 0 Å². The van der Waals surface area contributed by atoms with Crippen LogP contribution in [0.4, 0.5) is 11.4 Å². The minimum absolute atomic E-state index is 0.199. The number of carbonyl (C=O) groups excluding carboxylic acids is 1. The first kappa shape index (κ1) is 18.5. The number of guanidine groups is 1. The summed E-state index contributed by atoms with van der Waals surface area (Å²) in [6, 6.07) is 6.69. The van der Waals surface area contributed by atoms with Gasteiger partial charge in [0.25, 0.3) is 5.91 Å². The molecule has 3 N–H and O–H groups in total. The molecule has 1 aromatic carbocycles. The summed E-state index contributed by atoms with van der Waals surface area (Å²) >= 11 is 12.2. The smallest absolute Gasteiger partial charge is 0.273 e. The number of nitrogens with zero attached hydrogens (tertiary/aromatic N) is 3. The van der Waals surface area contributed by atoms with Gasteiger partial charge in [0.05, 0.1) is 22.3 Å². The van der Waals surface area contributed by atoms with Crippen molar-refractivity contribution in [2.45, 2.75) is 6.04 Å². The number of pyridine rings is 1. The van der Waals surface area contributed by atoms with Gasteiger partial charge in [-0.3, -0.25) is 14.8 Å². The Labute approximate surface area is 172 Å². The van der Waals surface area contributed by atoms with Crippen molar-refractivity contribution >= 4 is 65.5 Å². The van der Waals surface area contributed by atoms with Gasteiger partial charge in [0, 0.05) is 23.8 Å². The number of nitrogens with one attached hydrogen (secondary N) is 3. The molecule has 138 valence electrons. The second-order valence-corrected chi connectivity index (χ2v) is 6.94. The molecule has 7 nitrogen and oxygen atoms in total. The van der Waals surface area contributed by atoms with Gasteiger partial charge in [0.2, 0.25) is 5.96 Å². The number of aromatic nitrogens is 1. The molecular formula is C18H13BCl2N6O. The molecule has 2 aromatic rings. The van der Waals surface area contributed by atoms with Crippen molar-refractivity contribution in [2.75, 3.05) is 17.2 Å². The van der Waals surface area contributed by atoms with Crippen LogP contribution in [0, 0.1) is 0 Å². The maximum absolute atomic E-state index is 12.5. The average Bonchev–Trinajstić information content (AvgIpc) is 3.08. The van der Waals surface area contributed by atoms with E-state index in [2.05, 4.69) is 30.9 Å². The lowest BCUT2D eigenvalue weighted by Crippen LogP contribution is -2.31.